The summed E-state index contributed by atoms with van der Waals surface area (Å²) in [5.41, 5.74) is 12.6. The molecule has 6 aromatic carbocycles. The lowest BCUT2D eigenvalue weighted by Gasteiger charge is -2.34. The number of nitrogens with zero attached hydrogens (tertiary/aromatic N) is 1. The van der Waals surface area contributed by atoms with Gasteiger partial charge in [0.1, 0.15) is 0 Å². The minimum absolute atomic E-state index is 0.148. The first-order valence-corrected chi connectivity index (χ1v) is 18.8. The SMILES string of the molecule is CC1CC=CC=C1c1cc(-c2ccccc2)cc(N(c2ccc(-c3ccccc3)cc2)C2C=CC(c3cccc4c3sc3ccccc34)=CC2)c1. The summed E-state index contributed by atoms with van der Waals surface area (Å²) in [7, 11) is 0. The largest absolute Gasteiger partial charge is 0.334 e. The summed E-state index contributed by atoms with van der Waals surface area (Å²) in [6.45, 7) is 2.34. The van der Waals surface area contributed by atoms with Crippen molar-refractivity contribution in [2.45, 2.75) is 25.8 Å². The van der Waals surface area contributed by atoms with Crippen molar-refractivity contribution in [3.8, 4) is 22.3 Å². The predicted octanol–water partition coefficient (Wildman–Crippen LogP) is 13.9. The van der Waals surface area contributed by atoms with E-state index >= 15 is 0 Å². The summed E-state index contributed by atoms with van der Waals surface area (Å²) in [5, 5.41) is 2.69. The van der Waals surface area contributed by atoms with Crippen LogP contribution in [0.2, 0.25) is 0 Å². The van der Waals surface area contributed by atoms with Crippen LogP contribution in [0.3, 0.4) is 0 Å². The summed E-state index contributed by atoms with van der Waals surface area (Å²) in [6, 6.07) is 53.5. The van der Waals surface area contributed by atoms with Crippen LogP contribution in [0.15, 0.2) is 182 Å². The van der Waals surface area contributed by atoms with Crippen molar-refractivity contribution in [3.05, 3.63) is 193 Å². The molecule has 2 aliphatic rings. The average molecular weight is 674 g/mol. The highest BCUT2D eigenvalue weighted by atomic mass is 32.1. The summed E-state index contributed by atoms with van der Waals surface area (Å²) in [4.78, 5) is 2.55. The number of allylic oxidation sites excluding steroid dienone is 6. The highest BCUT2D eigenvalue weighted by Crippen LogP contribution is 2.42. The predicted molar refractivity (Wildman–Crippen MR) is 222 cm³/mol. The third-order valence-corrected chi connectivity index (χ3v) is 11.7. The maximum atomic E-state index is 2.55. The van der Waals surface area contributed by atoms with Gasteiger partial charge in [-0.15, -0.1) is 11.3 Å². The molecule has 2 atom stereocenters. The Labute approximate surface area is 304 Å². The Hall–Kier alpha value is -5.70. The molecule has 0 aliphatic heterocycles. The summed E-state index contributed by atoms with van der Waals surface area (Å²) in [5.74, 6) is 0.462. The normalized spacial score (nSPS) is 17.0. The van der Waals surface area contributed by atoms with E-state index in [0.717, 1.165) is 12.8 Å². The Morgan fingerprint density at radius 3 is 2.02 bits per heavy atom. The van der Waals surface area contributed by atoms with Crippen molar-refractivity contribution in [1.29, 1.82) is 0 Å². The van der Waals surface area contributed by atoms with Gasteiger partial charge in [-0.25, -0.2) is 0 Å². The van der Waals surface area contributed by atoms with E-state index in [1.54, 1.807) is 0 Å². The average Bonchev–Trinajstić information content (AvgIpc) is 3.58. The molecule has 0 fully saturated rings. The molecule has 7 aromatic rings. The van der Waals surface area contributed by atoms with Crippen molar-refractivity contribution in [3.63, 3.8) is 0 Å². The molecule has 1 aromatic heterocycles. The van der Waals surface area contributed by atoms with Gasteiger partial charge >= 0.3 is 0 Å². The molecule has 0 spiro atoms. The van der Waals surface area contributed by atoms with E-state index in [4.69, 9.17) is 0 Å². The van der Waals surface area contributed by atoms with Crippen LogP contribution in [0.1, 0.15) is 30.9 Å². The van der Waals surface area contributed by atoms with Crippen LogP contribution in [-0.2, 0) is 0 Å². The van der Waals surface area contributed by atoms with Gasteiger partial charge in [-0.2, -0.15) is 0 Å². The van der Waals surface area contributed by atoms with E-state index in [1.807, 2.05) is 11.3 Å². The van der Waals surface area contributed by atoms with E-state index < -0.39 is 0 Å². The fourth-order valence-corrected chi connectivity index (χ4v) is 9.03. The maximum absolute atomic E-state index is 2.55. The standard InChI is InChI=1S/C49H39NS/c1-34-13-8-9-18-44(34)40-31-39(36-16-6-3-7-17-36)32-43(33-40)50(41-27-23-37(24-28-41)35-14-4-2-5-15-35)42-29-25-38(26-30-42)45-20-12-21-47-46-19-10-11-22-48(46)51-49(45)47/h2-12,14-29,31-34,42H,13,30H2,1H3. The van der Waals surface area contributed by atoms with Gasteiger partial charge in [0.05, 0.1) is 6.04 Å². The molecule has 2 unspecified atom stereocenters. The maximum Gasteiger partial charge on any atom is 0.0560 e. The molecule has 0 bridgehead atoms. The van der Waals surface area contributed by atoms with Crippen LogP contribution in [0.25, 0.3) is 53.6 Å². The van der Waals surface area contributed by atoms with Gasteiger partial charge < -0.3 is 4.90 Å². The molecule has 0 amide bonds. The van der Waals surface area contributed by atoms with Gasteiger partial charge in [0.2, 0.25) is 0 Å². The van der Waals surface area contributed by atoms with Gasteiger partial charge in [-0.05, 0) is 99.7 Å². The van der Waals surface area contributed by atoms with Crippen LogP contribution in [-0.4, -0.2) is 6.04 Å². The third kappa shape index (κ3) is 6.07. The van der Waals surface area contributed by atoms with Gasteiger partial charge in [0.15, 0.2) is 0 Å². The Morgan fingerprint density at radius 1 is 0.588 bits per heavy atom. The van der Waals surface area contributed by atoms with Crippen LogP contribution in [0.5, 0.6) is 0 Å². The first-order chi connectivity index (χ1) is 25.2. The minimum Gasteiger partial charge on any atom is -0.334 e. The zero-order valence-corrected chi connectivity index (χ0v) is 29.6. The highest BCUT2D eigenvalue weighted by molar-refractivity contribution is 7.26. The molecule has 9 rings (SSSR count). The van der Waals surface area contributed by atoms with Gasteiger partial charge in [-0.3, -0.25) is 0 Å². The third-order valence-electron chi connectivity index (χ3n) is 10.4. The van der Waals surface area contributed by atoms with Gasteiger partial charge in [0, 0.05) is 31.5 Å². The lowest BCUT2D eigenvalue weighted by molar-refractivity contribution is 0.758. The molecular weight excluding hydrogens is 635 g/mol. The van der Waals surface area contributed by atoms with E-state index in [1.165, 1.54) is 76.1 Å². The monoisotopic (exact) mass is 673 g/mol. The zero-order valence-electron chi connectivity index (χ0n) is 28.7. The van der Waals surface area contributed by atoms with Crippen molar-refractivity contribution >= 4 is 54.0 Å². The zero-order chi connectivity index (χ0) is 34.1. The van der Waals surface area contributed by atoms with E-state index in [2.05, 4.69) is 194 Å². The van der Waals surface area contributed by atoms with Crippen molar-refractivity contribution in [2.75, 3.05) is 4.90 Å². The van der Waals surface area contributed by atoms with Crippen LogP contribution >= 0.6 is 11.3 Å². The van der Waals surface area contributed by atoms with Crippen molar-refractivity contribution in [1.82, 2.24) is 0 Å². The molecule has 0 N–H and O–H groups in total. The number of benzene rings is 6. The quantitative estimate of drug-likeness (QED) is 0.163. The molecule has 0 saturated carbocycles. The van der Waals surface area contributed by atoms with Crippen molar-refractivity contribution in [2.24, 2.45) is 5.92 Å². The minimum atomic E-state index is 0.148. The number of anilines is 2. The molecule has 2 aliphatic carbocycles. The number of fused-ring (bicyclic) bond motifs is 3. The lowest BCUT2D eigenvalue weighted by atomic mass is 9.86. The second-order valence-electron chi connectivity index (χ2n) is 13.7. The number of hydrogen-bond donors (Lipinski definition) is 0. The molecule has 246 valence electrons. The first kappa shape index (κ1) is 31.3. The molecule has 1 nitrogen and oxygen atoms in total. The number of rotatable bonds is 7. The first-order valence-electron chi connectivity index (χ1n) is 18.0. The Balaban J connectivity index is 1.15. The molecule has 0 radical (unpaired) electrons. The molecular formula is C49H39NS. The topological polar surface area (TPSA) is 3.24 Å². The molecule has 51 heavy (non-hydrogen) atoms. The Morgan fingerprint density at radius 2 is 1.27 bits per heavy atom. The number of thiophene rings is 1. The fourth-order valence-electron chi connectivity index (χ4n) is 7.79. The highest BCUT2D eigenvalue weighted by Gasteiger charge is 2.24. The Kier molecular flexibility index (Phi) is 8.31. The van der Waals surface area contributed by atoms with Crippen LogP contribution < -0.4 is 4.90 Å². The summed E-state index contributed by atoms with van der Waals surface area (Å²) < 4.78 is 2.71. The van der Waals surface area contributed by atoms with Crippen molar-refractivity contribution < 1.29 is 0 Å². The lowest BCUT2D eigenvalue weighted by Crippen LogP contribution is -2.30. The molecule has 0 saturated heterocycles. The Bertz CT molecular complexity index is 2480. The van der Waals surface area contributed by atoms with Crippen LogP contribution in [0.4, 0.5) is 11.4 Å². The van der Waals surface area contributed by atoms with E-state index in [-0.39, 0.29) is 6.04 Å². The smallest absolute Gasteiger partial charge is 0.0560 e. The fraction of sp³-hybridized carbons (Fsp3) is 0.102. The van der Waals surface area contributed by atoms with E-state index in [9.17, 15) is 0 Å². The number of hydrogen-bond acceptors (Lipinski definition) is 2. The molecule has 1 heterocycles. The van der Waals surface area contributed by atoms with Gasteiger partial charge in [0.25, 0.3) is 0 Å². The van der Waals surface area contributed by atoms with Crippen LogP contribution in [0, 0.1) is 5.92 Å². The summed E-state index contributed by atoms with van der Waals surface area (Å²) >= 11 is 1.90. The van der Waals surface area contributed by atoms with E-state index in [0.29, 0.717) is 5.92 Å². The second kappa shape index (κ2) is 13.5. The summed E-state index contributed by atoms with van der Waals surface area (Å²) in [6.07, 6.45) is 16.0. The molecule has 2 heteroatoms. The second-order valence-corrected chi connectivity index (χ2v) is 14.8. The van der Waals surface area contributed by atoms with Gasteiger partial charge in [-0.1, -0.05) is 153 Å².